The van der Waals surface area contributed by atoms with E-state index < -0.39 is 47.6 Å². The summed E-state index contributed by atoms with van der Waals surface area (Å²) in [6, 6.07) is 2.19. The van der Waals surface area contributed by atoms with Gasteiger partial charge in [0, 0.05) is 12.1 Å². The third kappa shape index (κ3) is 2.86. The van der Waals surface area contributed by atoms with Crippen LogP contribution in [0.3, 0.4) is 0 Å². The lowest BCUT2D eigenvalue weighted by Crippen LogP contribution is -2.35. The molecule has 110 valence electrons. The Morgan fingerprint density at radius 2 is 1.57 bits per heavy atom. The number of hydrogen-bond acceptors (Lipinski definition) is 1. The quantitative estimate of drug-likeness (QED) is 0.479. The highest BCUT2D eigenvalue weighted by molar-refractivity contribution is 6.68. The summed E-state index contributed by atoms with van der Waals surface area (Å²) < 4.78 is 72.4. The summed E-state index contributed by atoms with van der Waals surface area (Å²) in [6.07, 6.45) is 0. The van der Waals surface area contributed by atoms with Crippen LogP contribution in [-0.4, -0.2) is 14.4 Å². The lowest BCUT2D eigenvalue weighted by Gasteiger charge is -2.11. The Morgan fingerprint density at radius 1 is 0.905 bits per heavy atom. The van der Waals surface area contributed by atoms with Crippen LogP contribution in [0.1, 0.15) is 5.56 Å². The monoisotopic (exact) mass is 300 g/mol. The van der Waals surface area contributed by atoms with Crippen LogP contribution in [0, 0.1) is 36.0 Å². The molecule has 0 saturated carbocycles. The van der Waals surface area contributed by atoms with Crippen molar-refractivity contribution < 1.29 is 26.7 Å². The number of halogens is 5. The Kier molecular flexibility index (Phi) is 4.20. The first kappa shape index (κ1) is 15.3. The Morgan fingerprint density at radius 3 is 2.19 bits per heavy atom. The van der Waals surface area contributed by atoms with Gasteiger partial charge in [0.1, 0.15) is 11.6 Å². The van der Waals surface area contributed by atoms with Crippen LogP contribution in [0.25, 0.3) is 0 Å². The molecular weight excluding hydrogens is 290 g/mol. The van der Waals surface area contributed by atoms with Crippen molar-refractivity contribution >= 4 is 18.2 Å². The standard InChI is InChI=1S/C14H10BF5O/c1-6-8(3-7(16)4-9(6)17)15-12-13(19)10(18)5-11(21-2)14(12)20/h3-5,15H,1-2H3. The smallest absolute Gasteiger partial charge is 0.200 e. The second-order valence-corrected chi connectivity index (χ2v) is 4.52. The van der Waals surface area contributed by atoms with Crippen molar-refractivity contribution in [2.24, 2.45) is 0 Å². The number of ether oxygens (including phenoxy) is 1. The van der Waals surface area contributed by atoms with Gasteiger partial charge in [-0.15, -0.1) is 0 Å². The molecule has 1 nitrogen and oxygen atoms in total. The summed E-state index contributed by atoms with van der Waals surface area (Å²) in [5.74, 6) is -5.99. The van der Waals surface area contributed by atoms with Gasteiger partial charge in [0.2, 0.25) is 7.28 Å². The average Bonchev–Trinajstić information content (AvgIpc) is 2.43. The van der Waals surface area contributed by atoms with Crippen molar-refractivity contribution in [2.45, 2.75) is 6.92 Å². The number of rotatable bonds is 3. The van der Waals surface area contributed by atoms with Crippen molar-refractivity contribution in [3.63, 3.8) is 0 Å². The van der Waals surface area contributed by atoms with Crippen LogP contribution < -0.4 is 15.7 Å². The normalized spacial score (nSPS) is 10.6. The molecule has 0 N–H and O–H groups in total. The first-order valence-electron chi connectivity index (χ1n) is 6.00. The summed E-state index contributed by atoms with van der Waals surface area (Å²) in [4.78, 5) is 0. The van der Waals surface area contributed by atoms with E-state index in [4.69, 9.17) is 0 Å². The van der Waals surface area contributed by atoms with E-state index in [1.807, 2.05) is 0 Å². The molecular formula is C14H10BF5O. The summed E-state index contributed by atoms with van der Waals surface area (Å²) >= 11 is 0. The average molecular weight is 300 g/mol. The fourth-order valence-corrected chi connectivity index (χ4v) is 2.01. The van der Waals surface area contributed by atoms with Crippen LogP contribution in [0.4, 0.5) is 22.0 Å². The highest BCUT2D eigenvalue weighted by Crippen LogP contribution is 2.18. The minimum absolute atomic E-state index is 0.0259. The predicted octanol–water partition coefficient (Wildman–Crippen LogP) is 2.09. The molecule has 0 spiro atoms. The van der Waals surface area contributed by atoms with Crippen LogP contribution >= 0.6 is 0 Å². The van der Waals surface area contributed by atoms with Gasteiger partial charge in [0.05, 0.1) is 7.11 Å². The zero-order chi connectivity index (χ0) is 15.7. The van der Waals surface area contributed by atoms with Gasteiger partial charge in [0.25, 0.3) is 0 Å². The van der Waals surface area contributed by atoms with Crippen LogP contribution in [0.5, 0.6) is 5.75 Å². The van der Waals surface area contributed by atoms with Crippen LogP contribution in [0.15, 0.2) is 18.2 Å². The van der Waals surface area contributed by atoms with E-state index in [1.54, 1.807) is 0 Å². The molecule has 0 radical (unpaired) electrons. The molecule has 0 saturated heterocycles. The van der Waals surface area contributed by atoms with Crippen molar-refractivity contribution in [3.8, 4) is 5.75 Å². The highest BCUT2D eigenvalue weighted by Gasteiger charge is 2.22. The van der Waals surface area contributed by atoms with Gasteiger partial charge >= 0.3 is 0 Å². The minimum Gasteiger partial charge on any atom is -0.494 e. The summed E-state index contributed by atoms with van der Waals surface area (Å²) in [5.41, 5.74) is -0.573. The molecule has 0 amide bonds. The minimum atomic E-state index is -1.41. The molecule has 2 aromatic carbocycles. The maximum atomic E-state index is 14.0. The molecule has 2 aromatic rings. The second-order valence-electron chi connectivity index (χ2n) is 4.52. The van der Waals surface area contributed by atoms with Crippen LogP contribution in [0.2, 0.25) is 0 Å². The third-order valence-corrected chi connectivity index (χ3v) is 3.22. The molecule has 7 heteroatoms. The van der Waals surface area contributed by atoms with Crippen molar-refractivity contribution in [1.82, 2.24) is 0 Å². The molecule has 0 bridgehead atoms. The van der Waals surface area contributed by atoms with Gasteiger partial charge in [-0.1, -0.05) is 5.46 Å². The molecule has 0 aromatic heterocycles. The summed E-state index contributed by atoms with van der Waals surface area (Å²) in [6.45, 7) is 1.34. The maximum absolute atomic E-state index is 14.0. The van der Waals surface area contributed by atoms with E-state index in [9.17, 15) is 22.0 Å². The highest BCUT2D eigenvalue weighted by atomic mass is 19.2. The van der Waals surface area contributed by atoms with E-state index in [2.05, 4.69) is 4.74 Å². The Labute approximate surface area is 118 Å². The van der Waals surface area contributed by atoms with E-state index >= 15 is 0 Å². The summed E-state index contributed by atoms with van der Waals surface area (Å²) in [5, 5.41) is 0. The third-order valence-electron chi connectivity index (χ3n) is 3.22. The first-order valence-corrected chi connectivity index (χ1v) is 6.00. The van der Waals surface area contributed by atoms with Crippen molar-refractivity contribution in [2.75, 3.05) is 7.11 Å². The van der Waals surface area contributed by atoms with Gasteiger partial charge in [0.15, 0.2) is 23.2 Å². The van der Waals surface area contributed by atoms with Crippen molar-refractivity contribution in [1.29, 1.82) is 0 Å². The van der Waals surface area contributed by atoms with Gasteiger partial charge in [-0.25, -0.2) is 22.0 Å². The lowest BCUT2D eigenvalue weighted by molar-refractivity contribution is 0.379. The molecule has 0 aliphatic rings. The SMILES string of the molecule is COc1cc(F)c(F)c(Bc2cc(F)cc(F)c2C)c1F. The predicted molar refractivity (Wildman–Crippen MR) is 70.4 cm³/mol. The van der Waals surface area contributed by atoms with Gasteiger partial charge in [-0.3, -0.25) is 0 Å². The molecule has 0 fully saturated rings. The van der Waals surface area contributed by atoms with Crippen LogP contribution in [-0.2, 0) is 0 Å². The molecule has 0 heterocycles. The molecule has 21 heavy (non-hydrogen) atoms. The number of hydrogen-bond donors (Lipinski definition) is 0. The fourth-order valence-electron chi connectivity index (χ4n) is 2.01. The molecule has 0 atom stereocenters. The van der Waals surface area contributed by atoms with E-state index in [-0.39, 0.29) is 11.0 Å². The second kappa shape index (κ2) is 5.75. The van der Waals surface area contributed by atoms with Crippen molar-refractivity contribution in [3.05, 3.63) is 52.8 Å². The Bertz CT molecular complexity index is 702. The first-order chi connectivity index (χ1) is 9.85. The lowest BCUT2D eigenvalue weighted by atomic mass is 9.62. The van der Waals surface area contributed by atoms with E-state index in [0.29, 0.717) is 12.1 Å². The molecule has 2 rings (SSSR count). The fraction of sp³-hybridized carbons (Fsp3) is 0.143. The van der Waals surface area contributed by atoms with E-state index in [0.717, 1.165) is 13.2 Å². The summed E-state index contributed by atoms with van der Waals surface area (Å²) in [7, 11) is 0.610. The topological polar surface area (TPSA) is 9.23 Å². The Hall–Kier alpha value is -2.05. The zero-order valence-electron chi connectivity index (χ0n) is 11.2. The largest absolute Gasteiger partial charge is 0.494 e. The van der Waals surface area contributed by atoms with Gasteiger partial charge in [-0.05, 0) is 24.0 Å². The zero-order valence-corrected chi connectivity index (χ0v) is 11.2. The molecule has 0 aliphatic carbocycles. The number of methoxy groups -OCH3 is 1. The molecule has 0 aliphatic heterocycles. The maximum Gasteiger partial charge on any atom is 0.200 e. The van der Waals surface area contributed by atoms with Gasteiger partial charge in [-0.2, -0.15) is 0 Å². The van der Waals surface area contributed by atoms with E-state index in [1.165, 1.54) is 6.92 Å². The number of benzene rings is 2. The van der Waals surface area contributed by atoms with Gasteiger partial charge < -0.3 is 4.74 Å². The molecule has 0 unspecified atom stereocenters. The Balaban J connectivity index is 2.57.